The molecule has 0 spiro atoms. The number of amides is 1. The minimum absolute atomic E-state index is 0.0150. The van der Waals surface area contributed by atoms with Gasteiger partial charge in [0.2, 0.25) is 11.6 Å². The number of carbonyl (C=O) groups excluding carboxylic acids is 1. The van der Waals surface area contributed by atoms with Gasteiger partial charge in [-0.15, -0.1) is 0 Å². The first-order chi connectivity index (χ1) is 16.1. The van der Waals surface area contributed by atoms with Crippen LogP contribution in [0.1, 0.15) is 39.3 Å². The van der Waals surface area contributed by atoms with Gasteiger partial charge in [-0.25, -0.2) is 33.3 Å². The fourth-order valence-electron chi connectivity index (χ4n) is 4.00. The maximum absolute atomic E-state index is 14.7. The van der Waals surface area contributed by atoms with Crippen LogP contribution in [0.2, 0.25) is 0 Å². The molecule has 0 aliphatic heterocycles. The van der Waals surface area contributed by atoms with Crippen LogP contribution in [-0.2, 0) is 10.2 Å². The summed E-state index contributed by atoms with van der Waals surface area (Å²) < 4.78 is 36.0. The minimum atomic E-state index is -1.13. The average Bonchev–Trinajstić information content (AvgIpc) is 3.24. The number of pyridine rings is 1. The Morgan fingerprint density at radius 3 is 2.56 bits per heavy atom. The van der Waals surface area contributed by atoms with Crippen molar-refractivity contribution in [3.63, 3.8) is 0 Å². The molecular weight excluding hydrogens is 442 g/mol. The van der Waals surface area contributed by atoms with Gasteiger partial charge >= 0.3 is 6.09 Å². The second-order valence-corrected chi connectivity index (χ2v) is 9.32. The van der Waals surface area contributed by atoms with Gasteiger partial charge in [0.25, 0.3) is 0 Å². The maximum Gasteiger partial charge on any atom is 0.417 e. The number of carbonyl (C=O) groups is 1. The van der Waals surface area contributed by atoms with Gasteiger partial charge in [-0.2, -0.15) is 0 Å². The molecule has 3 aromatic rings. The molecule has 10 heteroatoms. The third kappa shape index (κ3) is 4.73. The van der Waals surface area contributed by atoms with Crippen LogP contribution in [0.15, 0.2) is 49.2 Å². The van der Waals surface area contributed by atoms with Crippen LogP contribution in [0.25, 0.3) is 10.5 Å². The standard InChI is InChI=1S/C24H24F2N6O2/c1-23(2,3)34-22(33)32(15-24(10-16(25)11-24)20-19(26)6-5-8-28-20)21-29-12-18(13-30-21)31-9-7-17(14-31)27-4/h5-9,12-14,16H,10-11,15H2,1-3H3. The lowest BCUT2D eigenvalue weighted by atomic mass is 9.64. The molecule has 0 unspecified atom stereocenters. The summed E-state index contributed by atoms with van der Waals surface area (Å²) in [6.45, 7) is 12.2. The summed E-state index contributed by atoms with van der Waals surface area (Å²) in [4.78, 5) is 30.5. The molecule has 8 nitrogen and oxygen atoms in total. The van der Waals surface area contributed by atoms with Crippen molar-refractivity contribution < 1.29 is 18.3 Å². The Morgan fingerprint density at radius 1 is 1.29 bits per heavy atom. The van der Waals surface area contributed by atoms with Gasteiger partial charge in [-0.3, -0.25) is 4.98 Å². The molecule has 0 saturated heterocycles. The van der Waals surface area contributed by atoms with Crippen molar-refractivity contribution in [1.82, 2.24) is 19.5 Å². The molecule has 3 heterocycles. The number of alkyl halides is 1. The fraction of sp³-hybridized carbons (Fsp3) is 0.375. The number of nitrogens with zero attached hydrogens (tertiary/aromatic N) is 6. The molecule has 0 atom stereocenters. The lowest BCUT2D eigenvalue weighted by Crippen LogP contribution is -2.54. The molecule has 1 amide bonds. The number of anilines is 1. The lowest BCUT2D eigenvalue weighted by molar-refractivity contribution is 0.0505. The number of halogens is 2. The molecule has 1 aliphatic carbocycles. The van der Waals surface area contributed by atoms with Crippen LogP contribution in [0.5, 0.6) is 0 Å². The highest BCUT2D eigenvalue weighted by Gasteiger charge is 2.51. The number of rotatable bonds is 5. The van der Waals surface area contributed by atoms with Crippen molar-refractivity contribution >= 4 is 17.7 Å². The van der Waals surface area contributed by atoms with Gasteiger partial charge in [0.1, 0.15) is 17.6 Å². The number of ether oxygens (including phenoxy) is 1. The lowest BCUT2D eigenvalue weighted by Gasteiger charge is -2.45. The number of hydrogen-bond acceptors (Lipinski definition) is 5. The van der Waals surface area contributed by atoms with Crippen LogP contribution < -0.4 is 4.90 Å². The predicted octanol–water partition coefficient (Wildman–Crippen LogP) is 5.16. The normalized spacial score (nSPS) is 19.7. The zero-order valence-electron chi connectivity index (χ0n) is 19.1. The third-order valence-corrected chi connectivity index (χ3v) is 5.53. The van der Waals surface area contributed by atoms with Crippen molar-refractivity contribution in [2.75, 3.05) is 11.4 Å². The Hall–Kier alpha value is -3.87. The van der Waals surface area contributed by atoms with Gasteiger partial charge in [0.05, 0.1) is 30.3 Å². The largest absolute Gasteiger partial charge is 0.443 e. The number of aromatic nitrogens is 4. The SMILES string of the molecule is [C-]#[N+]c1ccn(-c2cnc(N(CC3(c4ncccc4F)CC(F)C3)C(=O)OC(C)(C)C)nc2)c1. The molecule has 0 aromatic carbocycles. The van der Waals surface area contributed by atoms with E-state index in [0.717, 1.165) is 0 Å². The smallest absolute Gasteiger partial charge is 0.417 e. The Balaban J connectivity index is 1.69. The van der Waals surface area contributed by atoms with E-state index in [9.17, 15) is 13.6 Å². The zero-order chi connectivity index (χ0) is 24.5. The van der Waals surface area contributed by atoms with E-state index in [1.807, 2.05) is 0 Å². The topological polar surface area (TPSA) is 77.5 Å². The summed E-state index contributed by atoms with van der Waals surface area (Å²) in [6, 6.07) is 4.39. The van der Waals surface area contributed by atoms with Gasteiger partial charge in [0, 0.05) is 24.4 Å². The van der Waals surface area contributed by atoms with E-state index >= 15 is 0 Å². The fourth-order valence-corrected chi connectivity index (χ4v) is 4.00. The Kier molecular flexibility index (Phi) is 6.04. The Morgan fingerprint density at radius 2 is 2.00 bits per heavy atom. The van der Waals surface area contributed by atoms with Crippen LogP contribution in [0.4, 0.5) is 25.2 Å². The van der Waals surface area contributed by atoms with Gasteiger partial charge in [-0.1, -0.05) is 0 Å². The Bertz CT molecular complexity index is 1220. The molecule has 0 radical (unpaired) electrons. The van der Waals surface area contributed by atoms with E-state index < -0.39 is 29.1 Å². The summed E-state index contributed by atoms with van der Waals surface area (Å²) in [5.74, 6) is -0.522. The molecule has 1 saturated carbocycles. The molecule has 1 fully saturated rings. The summed E-state index contributed by atoms with van der Waals surface area (Å²) in [6.07, 6.45) is 5.95. The first kappa shape index (κ1) is 23.3. The molecular formula is C24H24F2N6O2. The van der Waals surface area contributed by atoms with Crippen LogP contribution in [0, 0.1) is 12.4 Å². The molecule has 0 bridgehead atoms. The Labute approximate surface area is 196 Å². The van der Waals surface area contributed by atoms with E-state index in [4.69, 9.17) is 11.3 Å². The van der Waals surface area contributed by atoms with E-state index in [0.29, 0.717) is 11.4 Å². The van der Waals surface area contributed by atoms with Gasteiger partial charge < -0.3 is 9.30 Å². The van der Waals surface area contributed by atoms with Crippen molar-refractivity contribution in [3.05, 3.63) is 72.1 Å². The zero-order valence-corrected chi connectivity index (χ0v) is 19.1. The van der Waals surface area contributed by atoms with Crippen LogP contribution >= 0.6 is 0 Å². The van der Waals surface area contributed by atoms with Gasteiger partial charge in [-0.05, 0) is 58.0 Å². The van der Waals surface area contributed by atoms with Crippen molar-refractivity contribution in [2.45, 2.75) is 50.8 Å². The van der Waals surface area contributed by atoms with E-state index in [1.165, 1.54) is 35.6 Å². The van der Waals surface area contributed by atoms with E-state index in [-0.39, 0.29) is 31.0 Å². The van der Waals surface area contributed by atoms with Crippen molar-refractivity contribution in [3.8, 4) is 5.69 Å². The molecule has 3 aromatic heterocycles. The molecule has 34 heavy (non-hydrogen) atoms. The van der Waals surface area contributed by atoms with Crippen LogP contribution in [-0.4, -0.2) is 43.9 Å². The van der Waals surface area contributed by atoms with E-state index in [1.54, 1.807) is 43.8 Å². The summed E-state index contributed by atoms with van der Waals surface area (Å²) in [5, 5.41) is 0. The summed E-state index contributed by atoms with van der Waals surface area (Å²) >= 11 is 0. The molecule has 4 rings (SSSR count). The van der Waals surface area contributed by atoms with Gasteiger partial charge in [0.15, 0.2) is 0 Å². The maximum atomic E-state index is 14.7. The van der Waals surface area contributed by atoms with Crippen molar-refractivity contribution in [1.29, 1.82) is 0 Å². The molecule has 176 valence electrons. The van der Waals surface area contributed by atoms with Crippen molar-refractivity contribution in [2.24, 2.45) is 0 Å². The summed E-state index contributed by atoms with van der Waals surface area (Å²) in [5.41, 5.74) is -0.685. The number of hydrogen-bond donors (Lipinski definition) is 0. The highest BCUT2D eigenvalue weighted by atomic mass is 19.1. The monoisotopic (exact) mass is 466 g/mol. The second kappa shape index (κ2) is 8.82. The van der Waals surface area contributed by atoms with E-state index in [2.05, 4.69) is 19.8 Å². The third-order valence-electron chi connectivity index (χ3n) is 5.53. The quantitative estimate of drug-likeness (QED) is 0.485. The molecule has 1 aliphatic rings. The first-order valence-corrected chi connectivity index (χ1v) is 10.7. The highest BCUT2D eigenvalue weighted by molar-refractivity contribution is 5.86. The summed E-state index contributed by atoms with van der Waals surface area (Å²) in [7, 11) is 0. The minimum Gasteiger partial charge on any atom is -0.443 e. The predicted molar refractivity (Wildman–Crippen MR) is 121 cm³/mol. The second-order valence-electron chi connectivity index (χ2n) is 9.32. The van der Waals surface area contributed by atoms with Crippen LogP contribution in [0.3, 0.4) is 0 Å². The first-order valence-electron chi connectivity index (χ1n) is 10.7. The molecule has 0 N–H and O–H groups in total. The average molecular weight is 466 g/mol. The highest BCUT2D eigenvalue weighted by Crippen LogP contribution is 2.46.